The third kappa shape index (κ3) is 4.54. The number of guanidine groups is 1. The van der Waals surface area contributed by atoms with Crippen LogP contribution >= 0.6 is 0 Å². The molecule has 0 amide bonds. The van der Waals surface area contributed by atoms with Crippen molar-refractivity contribution < 1.29 is 4.74 Å². The predicted molar refractivity (Wildman–Crippen MR) is 70.0 cm³/mol. The van der Waals surface area contributed by atoms with Gasteiger partial charge in [-0.15, -0.1) is 0 Å². The minimum atomic E-state index is 0.296. The summed E-state index contributed by atoms with van der Waals surface area (Å²) in [6.45, 7) is 2.56. The lowest BCUT2D eigenvalue weighted by atomic mass is 10.0. The second kappa shape index (κ2) is 6.84. The molecule has 0 spiro atoms. The highest BCUT2D eigenvalue weighted by atomic mass is 16.5. The van der Waals surface area contributed by atoms with Gasteiger partial charge in [-0.2, -0.15) is 0 Å². The Hall–Kier alpha value is -0.770. The number of nitrogens with zero attached hydrogens (tertiary/aromatic N) is 1. The van der Waals surface area contributed by atoms with Crippen LogP contribution in [0.25, 0.3) is 0 Å². The predicted octanol–water partition coefficient (Wildman–Crippen LogP) is 1.65. The number of ether oxygens (including phenoxy) is 1. The fourth-order valence-corrected chi connectivity index (χ4v) is 2.75. The van der Waals surface area contributed by atoms with Gasteiger partial charge in [0, 0.05) is 13.2 Å². The molecular formula is C13H25N3O. The van der Waals surface area contributed by atoms with Crippen LogP contribution < -0.4 is 11.1 Å². The van der Waals surface area contributed by atoms with Gasteiger partial charge in [-0.05, 0) is 25.2 Å². The summed E-state index contributed by atoms with van der Waals surface area (Å²) in [6, 6.07) is 0. The van der Waals surface area contributed by atoms with E-state index in [-0.39, 0.29) is 0 Å². The van der Waals surface area contributed by atoms with Gasteiger partial charge in [-0.3, -0.25) is 4.99 Å². The Morgan fingerprint density at radius 3 is 2.76 bits per heavy atom. The van der Waals surface area contributed by atoms with E-state index in [1.54, 1.807) is 0 Å². The number of aliphatic imine (C=N–C) groups is 1. The van der Waals surface area contributed by atoms with Gasteiger partial charge in [0.1, 0.15) is 0 Å². The molecule has 1 saturated carbocycles. The highest BCUT2D eigenvalue weighted by molar-refractivity contribution is 5.77. The minimum absolute atomic E-state index is 0.296. The lowest BCUT2D eigenvalue weighted by molar-refractivity contribution is 0.118. The Morgan fingerprint density at radius 2 is 2.06 bits per heavy atom. The Balaban J connectivity index is 1.55. The molecule has 0 radical (unpaired) electrons. The molecule has 0 aromatic heterocycles. The molecule has 4 heteroatoms. The molecular weight excluding hydrogens is 214 g/mol. The van der Waals surface area contributed by atoms with E-state index in [1.165, 1.54) is 32.1 Å². The average molecular weight is 239 g/mol. The van der Waals surface area contributed by atoms with Gasteiger partial charge in [0.25, 0.3) is 0 Å². The van der Waals surface area contributed by atoms with E-state index in [9.17, 15) is 0 Å². The zero-order valence-electron chi connectivity index (χ0n) is 10.7. The second-order valence-electron chi connectivity index (χ2n) is 5.23. The quantitative estimate of drug-likeness (QED) is 0.566. The van der Waals surface area contributed by atoms with E-state index in [1.807, 2.05) is 0 Å². The highest BCUT2D eigenvalue weighted by Crippen LogP contribution is 2.26. The van der Waals surface area contributed by atoms with Gasteiger partial charge < -0.3 is 15.8 Å². The first-order valence-electron chi connectivity index (χ1n) is 7.00. The first-order chi connectivity index (χ1) is 8.34. The fraction of sp³-hybridized carbons (Fsp3) is 0.923. The van der Waals surface area contributed by atoms with Crippen LogP contribution in [0.4, 0.5) is 0 Å². The summed E-state index contributed by atoms with van der Waals surface area (Å²) >= 11 is 0. The normalized spacial score (nSPS) is 26.6. The SMILES string of the molecule is NC(=NCC1CCCO1)NCCC1CCCC1. The summed E-state index contributed by atoms with van der Waals surface area (Å²) < 4.78 is 5.50. The first-order valence-corrected chi connectivity index (χ1v) is 7.00. The van der Waals surface area contributed by atoms with Crippen LogP contribution in [0.2, 0.25) is 0 Å². The molecule has 1 aliphatic carbocycles. The summed E-state index contributed by atoms with van der Waals surface area (Å²) in [7, 11) is 0. The largest absolute Gasteiger partial charge is 0.376 e. The maximum Gasteiger partial charge on any atom is 0.188 e. The summed E-state index contributed by atoms with van der Waals surface area (Å²) in [5, 5.41) is 3.21. The first kappa shape index (κ1) is 12.7. The Kier molecular flexibility index (Phi) is 5.10. The molecule has 98 valence electrons. The van der Waals surface area contributed by atoms with Crippen LogP contribution in [0, 0.1) is 5.92 Å². The van der Waals surface area contributed by atoms with Gasteiger partial charge >= 0.3 is 0 Å². The van der Waals surface area contributed by atoms with Crippen molar-refractivity contribution in [1.82, 2.24) is 5.32 Å². The van der Waals surface area contributed by atoms with Crippen molar-refractivity contribution in [1.29, 1.82) is 0 Å². The number of nitrogens with one attached hydrogen (secondary N) is 1. The summed E-state index contributed by atoms with van der Waals surface area (Å²) in [6.07, 6.45) is 9.43. The maximum absolute atomic E-state index is 5.82. The molecule has 3 N–H and O–H groups in total. The van der Waals surface area contributed by atoms with Gasteiger partial charge in [0.15, 0.2) is 5.96 Å². The molecule has 0 aromatic carbocycles. The van der Waals surface area contributed by atoms with Crippen LogP contribution in [-0.2, 0) is 4.74 Å². The summed E-state index contributed by atoms with van der Waals surface area (Å²) in [4.78, 5) is 4.33. The molecule has 2 aliphatic rings. The highest BCUT2D eigenvalue weighted by Gasteiger charge is 2.15. The Labute approximate surface area is 104 Å². The molecule has 0 bridgehead atoms. The lowest BCUT2D eigenvalue weighted by Gasteiger charge is -2.11. The number of rotatable bonds is 5. The third-order valence-electron chi connectivity index (χ3n) is 3.82. The van der Waals surface area contributed by atoms with E-state index in [0.717, 1.165) is 31.9 Å². The summed E-state index contributed by atoms with van der Waals surface area (Å²) in [5.41, 5.74) is 5.82. The average Bonchev–Trinajstić information content (AvgIpc) is 2.99. The van der Waals surface area contributed by atoms with E-state index in [2.05, 4.69) is 10.3 Å². The van der Waals surface area contributed by atoms with Crippen LogP contribution in [0.15, 0.2) is 4.99 Å². The molecule has 2 rings (SSSR count). The van der Waals surface area contributed by atoms with Crippen molar-refractivity contribution in [2.75, 3.05) is 19.7 Å². The standard InChI is InChI=1S/C13H25N3O/c14-13(16-10-12-6-3-9-17-12)15-8-7-11-4-1-2-5-11/h11-12H,1-10H2,(H3,14,15,16). The van der Waals surface area contributed by atoms with Crippen molar-refractivity contribution >= 4 is 5.96 Å². The van der Waals surface area contributed by atoms with E-state index >= 15 is 0 Å². The van der Waals surface area contributed by atoms with E-state index in [0.29, 0.717) is 18.6 Å². The molecule has 1 atom stereocenters. The van der Waals surface area contributed by atoms with Gasteiger partial charge in [0.05, 0.1) is 12.6 Å². The molecule has 17 heavy (non-hydrogen) atoms. The molecule has 1 aliphatic heterocycles. The van der Waals surface area contributed by atoms with Crippen molar-refractivity contribution in [3.8, 4) is 0 Å². The number of hydrogen-bond acceptors (Lipinski definition) is 2. The van der Waals surface area contributed by atoms with Crippen LogP contribution in [-0.4, -0.2) is 31.8 Å². The van der Waals surface area contributed by atoms with Crippen LogP contribution in [0.3, 0.4) is 0 Å². The van der Waals surface area contributed by atoms with E-state index < -0.39 is 0 Å². The third-order valence-corrected chi connectivity index (χ3v) is 3.82. The fourth-order valence-electron chi connectivity index (χ4n) is 2.75. The monoisotopic (exact) mass is 239 g/mol. The molecule has 0 aromatic rings. The number of nitrogens with two attached hydrogens (primary N) is 1. The van der Waals surface area contributed by atoms with Crippen molar-refractivity contribution in [3.63, 3.8) is 0 Å². The van der Waals surface area contributed by atoms with Gasteiger partial charge in [0.2, 0.25) is 0 Å². The summed E-state index contributed by atoms with van der Waals surface area (Å²) in [5.74, 6) is 1.49. The van der Waals surface area contributed by atoms with Gasteiger partial charge in [-0.25, -0.2) is 0 Å². The molecule has 1 saturated heterocycles. The molecule has 2 fully saturated rings. The molecule has 1 unspecified atom stereocenters. The van der Waals surface area contributed by atoms with E-state index in [4.69, 9.17) is 10.5 Å². The molecule has 1 heterocycles. The number of hydrogen-bond donors (Lipinski definition) is 2. The van der Waals surface area contributed by atoms with Crippen molar-refractivity contribution in [3.05, 3.63) is 0 Å². The Bertz CT molecular complexity index is 243. The minimum Gasteiger partial charge on any atom is -0.376 e. The zero-order chi connectivity index (χ0) is 11.9. The van der Waals surface area contributed by atoms with Gasteiger partial charge in [-0.1, -0.05) is 25.7 Å². The van der Waals surface area contributed by atoms with Crippen molar-refractivity contribution in [2.24, 2.45) is 16.6 Å². The maximum atomic E-state index is 5.82. The Morgan fingerprint density at radius 1 is 1.24 bits per heavy atom. The smallest absolute Gasteiger partial charge is 0.188 e. The topological polar surface area (TPSA) is 59.6 Å². The van der Waals surface area contributed by atoms with Crippen LogP contribution in [0.1, 0.15) is 44.9 Å². The molecule has 4 nitrogen and oxygen atoms in total. The second-order valence-corrected chi connectivity index (χ2v) is 5.23. The van der Waals surface area contributed by atoms with Crippen LogP contribution in [0.5, 0.6) is 0 Å². The zero-order valence-corrected chi connectivity index (χ0v) is 10.7. The lowest BCUT2D eigenvalue weighted by Crippen LogP contribution is -2.34. The van der Waals surface area contributed by atoms with Crippen molar-refractivity contribution in [2.45, 2.75) is 51.0 Å².